The van der Waals surface area contributed by atoms with Gasteiger partial charge in [0.05, 0.1) is 11.1 Å². The Bertz CT molecular complexity index is 726. The highest BCUT2D eigenvalue weighted by Gasteiger charge is 2.15. The van der Waals surface area contributed by atoms with Crippen LogP contribution >= 0.6 is 15.9 Å². The molecule has 1 aromatic heterocycles. The van der Waals surface area contributed by atoms with Crippen molar-refractivity contribution in [1.29, 1.82) is 0 Å². The van der Waals surface area contributed by atoms with Crippen molar-refractivity contribution in [3.05, 3.63) is 47.0 Å². The van der Waals surface area contributed by atoms with E-state index < -0.39 is 0 Å². The van der Waals surface area contributed by atoms with Crippen LogP contribution in [-0.2, 0) is 6.42 Å². The number of halogens is 1. The largest absolute Gasteiger partial charge is 0.492 e. The van der Waals surface area contributed by atoms with E-state index in [-0.39, 0.29) is 0 Å². The van der Waals surface area contributed by atoms with E-state index in [9.17, 15) is 0 Å². The lowest BCUT2D eigenvalue weighted by Gasteiger charge is -2.21. The fraction of sp³-hybridized carbons (Fsp3) is 0.560. The van der Waals surface area contributed by atoms with E-state index >= 15 is 0 Å². The molecule has 2 aromatic rings. The van der Waals surface area contributed by atoms with Crippen LogP contribution in [0.1, 0.15) is 76.7 Å². The van der Waals surface area contributed by atoms with Crippen LogP contribution in [0, 0.1) is 12.3 Å². The van der Waals surface area contributed by atoms with E-state index in [4.69, 9.17) is 4.74 Å². The number of nitrogens with zero attached hydrogens (tertiary/aromatic N) is 2. The van der Waals surface area contributed by atoms with Crippen molar-refractivity contribution in [2.24, 2.45) is 5.92 Å². The normalized spacial score (nSPS) is 14.8. The molecule has 1 heterocycles. The van der Waals surface area contributed by atoms with Gasteiger partial charge >= 0.3 is 0 Å². The number of rotatable bonds is 11. The summed E-state index contributed by atoms with van der Waals surface area (Å²) in [5.41, 5.74) is 2.25. The van der Waals surface area contributed by atoms with Crippen molar-refractivity contribution in [2.45, 2.75) is 77.6 Å². The van der Waals surface area contributed by atoms with Gasteiger partial charge in [0.2, 0.25) is 0 Å². The number of unbranched alkanes of at least 4 members (excludes halogenated alkanes) is 5. The van der Waals surface area contributed by atoms with Crippen LogP contribution in [-0.4, -0.2) is 16.6 Å². The molecule has 3 rings (SSSR count). The molecular weight excluding hydrogens is 424 g/mol. The van der Waals surface area contributed by atoms with Crippen LogP contribution in [0.15, 0.2) is 35.1 Å². The summed E-state index contributed by atoms with van der Waals surface area (Å²) in [5, 5.41) is 0. The van der Waals surface area contributed by atoms with Crippen molar-refractivity contribution in [3.63, 3.8) is 0 Å². The van der Waals surface area contributed by atoms with Crippen molar-refractivity contribution in [2.75, 3.05) is 6.61 Å². The SMILES string of the molecule is CCCCCCCCc1cnc(-c2ccc(OCC3CC[CH]CC3)c(Br)c2)nc1. The van der Waals surface area contributed by atoms with Crippen molar-refractivity contribution in [1.82, 2.24) is 9.97 Å². The van der Waals surface area contributed by atoms with Crippen LogP contribution in [0.2, 0.25) is 0 Å². The average molecular weight is 458 g/mol. The van der Waals surface area contributed by atoms with Gasteiger partial charge in [0.15, 0.2) is 5.82 Å². The Labute approximate surface area is 184 Å². The minimum Gasteiger partial charge on any atom is -0.492 e. The van der Waals surface area contributed by atoms with Gasteiger partial charge in [-0.1, -0.05) is 39.0 Å². The van der Waals surface area contributed by atoms with E-state index in [1.165, 1.54) is 69.8 Å². The molecule has 0 bridgehead atoms. The molecule has 29 heavy (non-hydrogen) atoms. The van der Waals surface area contributed by atoms with Gasteiger partial charge in [0.25, 0.3) is 0 Å². The molecule has 0 saturated heterocycles. The lowest BCUT2D eigenvalue weighted by Crippen LogP contribution is -2.15. The third-order valence-corrected chi connectivity index (χ3v) is 6.37. The van der Waals surface area contributed by atoms with Crippen LogP contribution in [0.4, 0.5) is 0 Å². The van der Waals surface area contributed by atoms with Crippen molar-refractivity contribution < 1.29 is 4.74 Å². The number of benzene rings is 1. The predicted octanol–water partition coefficient (Wildman–Crippen LogP) is 7.58. The van der Waals surface area contributed by atoms with Gasteiger partial charge in [-0.3, -0.25) is 0 Å². The van der Waals surface area contributed by atoms with Crippen LogP contribution in [0.25, 0.3) is 11.4 Å². The third kappa shape index (κ3) is 7.40. The summed E-state index contributed by atoms with van der Waals surface area (Å²) >= 11 is 3.66. The van der Waals surface area contributed by atoms with Gasteiger partial charge in [-0.25, -0.2) is 9.97 Å². The fourth-order valence-electron chi connectivity index (χ4n) is 3.87. The first kappa shape index (κ1) is 22.3. The molecule has 3 nitrogen and oxygen atoms in total. The molecule has 0 aliphatic heterocycles. The Morgan fingerprint density at radius 2 is 1.72 bits per heavy atom. The lowest BCUT2D eigenvalue weighted by molar-refractivity contribution is 0.220. The zero-order valence-electron chi connectivity index (χ0n) is 17.7. The molecule has 0 unspecified atom stereocenters. The number of aromatic nitrogens is 2. The molecule has 0 amide bonds. The fourth-order valence-corrected chi connectivity index (χ4v) is 4.36. The molecule has 4 heteroatoms. The Morgan fingerprint density at radius 1 is 1.00 bits per heavy atom. The minimum atomic E-state index is 0.675. The molecule has 1 aliphatic rings. The summed E-state index contributed by atoms with van der Waals surface area (Å²) in [6.07, 6.45) is 20.2. The number of hydrogen-bond donors (Lipinski definition) is 0. The first-order valence-corrected chi connectivity index (χ1v) is 12.1. The van der Waals surface area contributed by atoms with Crippen LogP contribution in [0.3, 0.4) is 0 Å². The van der Waals surface area contributed by atoms with E-state index in [1.54, 1.807) is 0 Å². The third-order valence-electron chi connectivity index (χ3n) is 5.75. The summed E-state index contributed by atoms with van der Waals surface area (Å²) < 4.78 is 7.03. The average Bonchev–Trinajstić information content (AvgIpc) is 2.76. The number of ether oxygens (including phenoxy) is 1. The maximum Gasteiger partial charge on any atom is 0.159 e. The van der Waals surface area contributed by atoms with E-state index in [0.717, 1.165) is 34.6 Å². The standard InChI is InChI=1S/C25H34BrN2O/c1-2-3-4-5-6-8-13-21-17-27-25(28-18-21)22-14-15-24(23(26)16-22)29-19-20-11-9-7-10-12-20/h7,14-18,20H,2-6,8-13,19H2,1H3. The Balaban J connectivity index is 1.49. The second-order valence-electron chi connectivity index (χ2n) is 8.20. The quantitative estimate of drug-likeness (QED) is 0.326. The molecule has 1 saturated carbocycles. The number of hydrogen-bond acceptors (Lipinski definition) is 3. The Hall–Kier alpha value is -1.42. The molecule has 0 N–H and O–H groups in total. The van der Waals surface area contributed by atoms with Gasteiger partial charge in [-0.15, -0.1) is 0 Å². The highest BCUT2D eigenvalue weighted by molar-refractivity contribution is 9.10. The van der Waals surface area contributed by atoms with E-state index in [0.29, 0.717) is 5.92 Å². The summed E-state index contributed by atoms with van der Waals surface area (Å²) in [6.45, 7) is 3.06. The predicted molar refractivity (Wildman–Crippen MR) is 124 cm³/mol. The molecular formula is C25H34BrN2O. The summed E-state index contributed by atoms with van der Waals surface area (Å²) in [5.74, 6) is 2.35. The van der Waals surface area contributed by atoms with Crippen LogP contribution < -0.4 is 4.74 Å². The zero-order chi connectivity index (χ0) is 20.3. The molecule has 1 aromatic carbocycles. The van der Waals surface area contributed by atoms with Gasteiger partial charge in [0.1, 0.15) is 5.75 Å². The summed E-state index contributed by atoms with van der Waals surface area (Å²) in [6, 6.07) is 6.14. The van der Waals surface area contributed by atoms with Crippen molar-refractivity contribution >= 4 is 15.9 Å². The second-order valence-corrected chi connectivity index (χ2v) is 9.05. The first-order chi connectivity index (χ1) is 14.3. The van der Waals surface area contributed by atoms with Crippen LogP contribution in [0.5, 0.6) is 5.75 Å². The maximum absolute atomic E-state index is 6.06. The molecule has 0 spiro atoms. The number of aryl methyl sites for hydroxylation is 1. The topological polar surface area (TPSA) is 35.0 Å². The van der Waals surface area contributed by atoms with Gasteiger partial charge in [-0.2, -0.15) is 0 Å². The molecule has 1 fully saturated rings. The van der Waals surface area contributed by atoms with Gasteiger partial charge in [-0.05, 0) is 90.6 Å². The second kappa shape index (κ2) is 12.3. The monoisotopic (exact) mass is 457 g/mol. The summed E-state index contributed by atoms with van der Waals surface area (Å²) in [7, 11) is 0. The van der Waals surface area contributed by atoms with E-state index in [1.807, 2.05) is 18.5 Å². The first-order valence-electron chi connectivity index (χ1n) is 11.3. The smallest absolute Gasteiger partial charge is 0.159 e. The molecule has 1 radical (unpaired) electrons. The highest BCUT2D eigenvalue weighted by atomic mass is 79.9. The Kier molecular flexibility index (Phi) is 9.46. The zero-order valence-corrected chi connectivity index (χ0v) is 19.3. The van der Waals surface area contributed by atoms with E-state index in [2.05, 4.69) is 51.4 Å². The molecule has 157 valence electrons. The lowest BCUT2D eigenvalue weighted by atomic mass is 9.90. The van der Waals surface area contributed by atoms with Gasteiger partial charge < -0.3 is 4.74 Å². The maximum atomic E-state index is 6.06. The molecule has 1 aliphatic carbocycles. The minimum absolute atomic E-state index is 0.675. The molecule has 0 atom stereocenters. The Morgan fingerprint density at radius 3 is 2.45 bits per heavy atom. The van der Waals surface area contributed by atoms with Gasteiger partial charge in [0, 0.05) is 18.0 Å². The van der Waals surface area contributed by atoms with Crippen molar-refractivity contribution in [3.8, 4) is 17.1 Å². The highest BCUT2D eigenvalue weighted by Crippen LogP contribution is 2.31. The summed E-state index contributed by atoms with van der Waals surface area (Å²) in [4.78, 5) is 9.18.